The highest BCUT2D eigenvalue weighted by Crippen LogP contribution is 2.30. The van der Waals surface area contributed by atoms with Crippen molar-refractivity contribution in [2.45, 2.75) is 63.1 Å². The number of rotatable bonds is 3. The Kier molecular flexibility index (Phi) is 4.99. The third kappa shape index (κ3) is 3.77. The van der Waals surface area contributed by atoms with Crippen LogP contribution in [0, 0.1) is 6.92 Å². The predicted molar refractivity (Wildman–Crippen MR) is 102 cm³/mol. The number of benzene rings is 1. The lowest BCUT2D eigenvalue weighted by atomic mass is 9.95. The molecule has 0 N–H and O–H groups in total. The van der Waals surface area contributed by atoms with Crippen LogP contribution in [-0.2, 0) is 10.0 Å². The highest BCUT2D eigenvalue weighted by atomic mass is 32.2. The summed E-state index contributed by atoms with van der Waals surface area (Å²) in [6.07, 6.45) is 6.58. The number of aryl methyl sites for hydroxylation is 1. The topological polar surface area (TPSA) is 57.7 Å². The maximum Gasteiger partial charge on any atom is 0.333 e. The van der Waals surface area contributed by atoms with Gasteiger partial charge in [-0.15, -0.1) is 0 Å². The lowest BCUT2D eigenvalue weighted by Gasteiger charge is -2.46. The summed E-state index contributed by atoms with van der Waals surface area (Å²) in [4.78, 5) is 15.2. The Hall–Kier alpha value is -1.34. The van der Waals surface area contributed by atoms with E-state index in [1.165, 1.54) is 6.42 Å². The van der Waals surface area contributed by atoms with Crippen molar-refractivity contribution in [2.24, 2.45) is 0 Å². The number of hydrogen-bond acceptors (Lipinski definition) is 3. The first-order valence-corrected chi connectivity index (χ1v) is 14.0. The zero-order chi connectivity index (χ0) is 18.2. The number of hydrogen-bond donors (Lipinski definition) is 0. The Morgan fingerprint density at radius 1 is 1.00 bits per heavy atom. The minimum atomic E-state index is -3.79. The van der Waals surface area contributed by atoms with Gasteiger partial charge < -0.3 is 4.90 Å². The maximum atomic E-state index is 13.1. The molecule has 2 amide bonds. The summed E-state index contributed by atoms with van der Waals surface area (Å²) in [7, 11) is -5.64. The van der Waals surface area contributed by atoms with Gasteiger partial charge in [0.2, 0.25) is 0 Å². The minimum Gasteiger partial charge on any atom is -0.324 e. The molecule has 0 bridgehead atoms. The standard InChI is InChI=1S/C18H28N2O3SSi/c1-15-9-11-17(12-10-15)24(22,23)20-14-25(2,3)13-19(18(20)21)16-7-5-4-6-8-16/h9-12,16H,4-8,13-14H2,1-3H3. The number of sulfonamides is 1. The van der Waals surface area contributed by atoms with Gasteiger partial charge in [0.25, 0.3) is 10.0 Å². The number of carbonyl (C=O) groups is 1. The Morgan fingerprint density at radius 2 is 1.60 bits per heavy atom. The molecular weight excluding hydrogens is 352 g/mol. The Labute approximate surface area is 152 Å². The van der Waals surface area contributed by atoms with E-state index in [4.69, 9.17) is 0 Å². The molecule has 1 aliphatic carbocycles. The molecule has 1 saturated heterocycles. The van der Waals surface area contributed by atoms with Gasteiger partial charge in [0, 0.05) is 18.4 Å². The molecule has 5 nitrogen and oxygen atoms in total. The second kappa shape index (κ2) is 6.76. The van der Waals surface area contributed by atoms with Gasteiger partial charge in [-0.1, -0.05) is 50.1 Å². The van der Waals surface area contributed by atoms with Gasteiger partial charge in [0.05, 0.1) is 13.0 Å². The van der Waals surface area contributed by atoms with Crippen molar-refractivity contribution in [1.29, 1.82) is 0 Å². The summed E-state index contributed by atoms with van der Waals surface area (Å²) in [5, 5.41) is 0. The molecule has 0 spiro atoms. The van der Waals surface area contributed by atoms with Crippen molar-refractivity contribution in [3.63, 3.8) is 0 Å². The molecular formula is C18H28N2O3SSi. The molecule has 0 aromatic heterocycles. The zero-order valence-corrected chi connectivity index (χ0v) is 17.2. The first-order valence-electron chi connectivity index (χ1n) is 9.11. The van der Waals surface area contributed by atoms with E-state index in [1.807, 2.05) is 11.8 Å². The first kappa shape index (κ1) is 18.4. The van der Waals surface area contributed by atoms with E-state index in [-0.39, 0.29) is 17.0 Å². The molecule has 25 heavy (non-hydrogen) atoms. The minimum absolute atomic E-state index is 0.198. The summed E-state index contributed by atoms with van der Waals surface area (Å²) in [5.41, 5.74) is 1.00. The maximum absolute atomic E-state index is 13.1. The van der Waals surface area contributed by atoms with Crippen molar-refractivity contribution in [3.8, 4) is 0 Å². The molecule has 7 heteroatoms. The van der Waals surface area contributed by atoms with Gasteiger partial charge in [0.1, 0.15) is 0 Å². The smallest absolute Gasteiger partial charge is 0.324 e. The average molecular weight is 381 g/mol. The van der Waals surface area contributed by atoms with Gasteiger partial charge in [-0.25, -0.2) is 17.5 Å². The highest BCUT2D eigenvalue weighted by molar-refractivity contribution is 7.89. The monoisotopic (exact) mass is 380 g/mol. The van der Waals surface area contributed by atoms with E-state index in [0.29, 0.717) is 6.17 Å². The number of urea groups is 1. The van der Waals surface area contributed by atoms with E-state index in [0.717, 1.165) is 41.7 Å². The molecule has 1 aliphatic heterocycles. The van der Waals surface area contributed by atoms with Crippen LogP contribution >= 0.6 is 0 Å². The molecule has 1 aromatic carbocycles. The van der Waals surface area contributed by atoms with E-state index >= 15 is 0 Å². The third-order valence-corrected chi connectivity index (χ3v) is 9.59. The fourth-order valence-corrected chi connectivity index (χ4v) is 8.98. The molecule has 0 atom stereocenters. The molecule has 1 aromatic rings. The molecule has 1 saturated carbocycles. The normalized spacial score (nSPS) is 22.3. The summed E-state index contributed by atoms with van der Waals surface area (Å²) in [5.74, 6) is 0. The van der Waals surface area contributed by atoms with Crippen molar-refractivity contribution >= 4 is 24.1 Å². The molecule has 2 aliphatic rings. The fraction of sp³-hybridized carbons (Fsp3) is 0.611. The summed E-state index contributed by atoms with van der Waals surface area (Å²) < 4.78 is 27.4. The quantitative estimate of drug-likeness (QED) is 0.754. The van der Waals surface area contributed by atoms with E-state index in [1.54, 1.807) is 24.3 Å². The van der Waals surface area contributed by atoms with E-state index in [2.05, 4.69) is 13.1 Å². The van der Waals surface area contributed by atoms with E-state index < -0.39 is 18.1 Å². The molecule has 0 unspecified atom stereocenters. The number of amides is 2. The molecule has 2 fully saturated rings. The summed E-state index contributed by atoms with van der Waals surface area (Å²) in [6.45, 7) is 6.27. The van der Waals surface area contributed by atoms with Gasteiger partial charge in [0.15, 0.2) is 0 Å². The van der Waals surface area contributed by atoms with Crippen LogP contribution in [0.15, 0.2) is 29.2 Å². The summed E-state index contributed by atoms with van der Waals surface area (Å²) >= 11 is 0. The SMILES string of the molecule is Cc1ccc(S(=O)(=O)N2C[Si](C)(C)CN(C3CCCCC3)C2=O)cc1. The predicted octanol–water partition coefficient (Wildman–Crippen LogP) is 3.54. The summed E-state index contributed by atoms with van der Waals surface area (Å²) in [6, 6.07) is 6.65. The third-order valence-electron chi connectivity index (χ3n) is 5.25. The van der Waals surface area contributed by atoms with Crippen molar-refractivity contribution in [1.82, 2.24) is 9.21 Å². The molecule has 3 rings (SSSR count). The first-order chi connectivity index (χ1) is 11.7. The van der Waals surface area contributed by atoms with E-state index in [9.17, 15) is 13.2 Å². The second-order valence-corrected chi connectivity index (χ2v) is 15.0. The highest BCUT2D eigenvalue weighted by Gasteiger charge is 2.45. The Morgan fingerprint density at radius 3 is 2.20 bits per heavy atom. The van der Waals surface area contributed by atoms with Crippen molar-refractivity contribution < 1.29 is 13.2 Å². The zero-order valence-electron chi connectivity index (χ0n) is 15.4. The van der Waals surface area contributed by atoms with Gasteiger partial charge >= 0.3 is 6.03 Å². The lowest BCUT2D eigenvalue weighted by Crippen LogP contribution is -2.66. The van der Waals surface area contributed by atoms with Crippen molar-refractivity contribution in [2.75, 3.05) is 12.3 Å². The second-order valence-electron chi connectivity index (χ2n) is 8.19. The Balaban J connectivity index is 1.93. The average Bonchev–Trinajstić information content (AvgIpc) is 2.57. The van der Waals surface area contributed by atoms with Crippen molar-refractivity contribution in [3.05, 3.63) is 29.8 Å². The van der Waals surface area contributed by atoms with Crippen LogP contribution in [0.3, 0.4) is 0 Å². The van der Waals surface area contributed by atoms with Crippen LogP contribution in [-0.4, -0.2) is 50.1 Å². The molecule has 138 valence electrons. The fourth-order valence-electron chi connectivity index (χ4n) is 3.88. The lowest BCUT2D eigenvalue weighted by molar-refractivity contribution is 0.145. The molecule has 1 heterocycles. The van der Waals surface area contributed by atoms with Crippen LogP contribution in [0.25, 0.3) is 0 Å². The largest absolute Gasteiger partial charge is 0.333 e. The van der Waals surface area contributed by atoms with Gasteiger partial charge in [-0.05, 0) is 31.9 Å². The van der Waals surface area contributed by atoms with Crippen LogP contribution in [0.2, 0.25) is 13.1 Å². The van der Waals surface area contributed by atoms with Crippen LogP contribution in [0.5, 0.6) is 0 Å². The molecule has 0 radical (unpaired) electrons. The van der Waals surface area contributed by atoms with Gasteiger partial charge in [-0.2, -0.15) is 0 Å². The van der Waals surface area contributed by atoms with Crippen LogP contribution in [0.1, 0.15) is 37.7 Å². The number of carbonyl (C=O) groups excluding carboxylic acids is 1. The van der Waals surface area contributed by atoms with Crippen LogP contribution in [0.4, 0.5) is 4.79 Å². The van der Waals surface area contributed by atoms with Gasteiger partial charge in [-0.3, -0.25) is 0 Å². The Bertz CT molecular complexity index is 740. The number of nitrogens with zero attached hydrogens (tertiary/aromatic N) is 2. The van der Waals surface area contributed by atoms with Crippen LogP contribution < -0.4 is 0 Å².